The van der Waals surface area contributed by atoms with Crippen molar-refractivity contribution in [3.05, 3.63) is 63.1 Å². The maximum absolute atomic E-state index is 13.0. The topological polar surface area (TPSA) is 57.6 Å². The van der Waals surface area contributed by atoms with Gasteiger partial charge in [-0.15, -0.1) is 0 Å². The fourth-order valence-electron chi connectivity index (χ4n) is 3.20. The molecule has 26 heavy (non-hydrogen) atoms. The van der Waals surface area contributed by atoms with Gasteiger partial charge in [0.1, 0.15) is 0 Å². The molecule has 0 radical (unpaired) electrons. The number of rotatable bonds is 6. The van der Waals surface area contributed by atoms with Crippen molar-refractivity contribution in [3.8, 4) is 0 Å². The third-order valence-corrected chi connectivity index (χ3v) is 5.36. The number of unbranched alkanes of at least 4 members (excludes halogenated alkanes) is 1. The highest BCUT2D eigenvalue weighted by Gasteiger charge is 2.50. The molecule has 0 spiro atoms. The molecule has 1 N–H and O–H groups in total. The van der Waals surface area contributed by atoms with Gasteiger partial charge >= 0.3 is 0 Å². The van der Waals surface area contributed by atoms with Gasteiger partial charge in [0.15, 0.2) is 11.4 Å². The minimum absolute atomic E-state index is 0.305. The molecule has 1 atom stereocenters. The Bertz CT molecular complexity index is 853. The molecule has 0 aromatic heterocycles. The molecule has 1 heterocycles. The summed E-state index contributed by atoms with van der Waals surface area (Å²) >= 11 is 9.25. The summed E-state index contributed by atoms with van der Waals surface area (Å²) in [5.41, 5.74) is -0.309. The highest BCUT2D eigenvalue weighted by molar-refractivity contribution is 9.10. The lowest BCUT2D eigenvalue weighted by Gasteiger charge is -2.22. The molecule has 0 aliphatic carbocycles. The van der Waals surface area contributed by atoms with Crippen molar-refractivity contribution in [1.29, 1.82) is 0 Å². The summed E-state index contributed by atoms with van der Waals surface area (Å²) in [6.45, 7) is 2.56. The molecule has 3 rings (SSSR count). The zero-order valence-corrected chi connectivity index (χ0v) is 16.7. The summed E-state index contributed by atoms with van der Waals surface area (Å²) in [6.07, 6.45) is 1.44. The highest BCUT2D eigenvalue weighted by Crippen LogP contribution is 2.44. The van der Waals surface area contributed by atoms with Crippen LogP contribution in [0.1, 0.15) is 42.1 Å². The highest BCUT2D eigenvalue weighted by atomic mass is 79.9. The summed E-state index contributed by atoms with van der Waals surface area (Å²) in [5, 5.41) is 11.8. The van der Waals surface area contributed by atoms with Gasteiger partial charge in [-0.3, -0.25) is 9.59 Å². The quantitative estimate of drug-likeness (QED) is 0.667. The fraction of sp³-hybridized carbons (Fsp3) is 0.300. The van der Waals surface area contributed by atoms with Gasteiger partial charge in [0, 0.05) is 27.2 Å². The first-order valence-electron chi connectivity index (χ1n) is 8.50. The number of aliphatic hydroxyl groups is 1. The maximum Gasteiger partial charge on any atom is 0.264 e. The van der Waals surface area contributed by atoms with E-state index < -0.39 is 11.5 Å². The van der Waals surface area contributed by atoms with Crippen molar-refractivity contribution in [3.63, 3.8) is 0 Å². The number of amides is 1. The monoisotopic (exact) mass is 435 g/mol. The largest absolute Gasteiger partial charge is 0.375 e. The van der Waals surface area contributed by atoms with Crippen LogP contribution in [-0.4, -0.2) is 23.3 Å². The van der Waals surface area contributed by atoms with E-state index >= 15 is 0 Å². The minimum Gasteiger partial charge on any atom is -0.375 e. The number of nitrogens with zero attached hydrogens (tertiary/aromatic N) is 1. The van der Waals surface area contributed by atoms with Crippen LogP contribution < -0.4 is 4.90 Å². The number of anilines is 1. The Balaban J connectivity index is 1.96. The molecule has 0 fully saturated rings. The average Bonchev–Trinajstić information content (AvgIpc) is 2.81. The lowest BCUT2D eigenvalue weighted by Crippen LogP contribution is -2.42. The van der Waals surface area contributed by atoms with Gasteiger partial charge in [-0.25, -0.2) is 0 Å². The van der Waals surface area contributed by atoms with Crippen molar-refractivity contribution in [2.24, 2.45) is 0 Å². The molecule has 1 aliphatic heterocycles. The number of fused-ring (bicyclic) bond motifs is 1. The minimum atomic E-state index is -1.86. The summed E-state index contributed by atoms with van der Waals surface area (Å²) in [5.74, 6) is -0.748. The van der Waals surface area contributed by atoms with Crippen LogP contribution in [0.2, 0.25) is 5.02 Å². The molecule has 1 aliphatic rings. The first-order chi connectivity index (χ1) is 12.4. The van der Waals surface area contributed by atoms with E-state index in [1.807, 2.05) is 13.0 Å². The van der Waals surface area contributed by atoms with E-state index in [0.29, 0.717) is 28.4 Å². The number of hydrogen-bond donors (Lipinski definition) is 1. The van der Waals surface area contributed by atoms with Gasteiger partial charge in [-0.1, -0.05) is 40.9 Å². The van der Waals surface area contributed by atoms with E-state index in [-0.39, 0.29) is 12.2 Å². The molecule has 1 amide bonds. The maximum atomic E-state index is 13.0. The van der Waals surface area contributed by atoms with Crippen LogP contribution in [0, 0.1) is 0 Å². The van der Waals surface area contributed by atoms with Crippen LogP contribution in [0.5, 0.6) is 0 Å². The second-order valence-electron chi connectivity index (χ2n) is 6.44. The predicted molar refractivity (Wildman–Crippen MR) is 106 cm³/mol. The van der Waals surface area contributed by atoms with Gasteiger partial charge < -0.3 is 10.0 Å². The Kier molecular flexibility index (Phi) is 5.51. The number of ketones is 1. The average molecular weight is 437 g/mol. The zero-order valence-electron chi connectivity index (χ0n) is 14.3. The van der Waals surface area contributed by atoms with Crippen LogP contribution in [0.15, 0.2) is 46.9 Å². The van der Waals surface area contributed by atoms with Crippen molar-refractivity contribution >= 4 is 44.9 Å². The normalized spacial score (nSPS) is 18.9. The molecule has 2 aromatic carbocycles. The first kappa shape index (κ1) is 19.1. The number of carbonyl (C=O) groups is 2. The van der Waals surface area contributed by atoms with E-state index in [9.17, 15) is 14.7 Å². The fourth-order valence-corrected chi connectivity index (χ4v) is 3.69. The summed E-state index contributed by atoms with van der Waals surface area (Å²) in [6, 6.07) is 11.8. The van der Waals surface area contributed by atoms with Crippen LogP contribution in [0.4, 0.5) is 5.69 Å². The van der Waals surface area contributed by atoms with Crippen molar-refractivity contribution in [2.45, 2.75) is 31.8 Å². The molecule has 4 nitrogen and oxygen atoms in total. The van der Waals surface area contributed by atoms with E-state index in [1.165, 1.54) is 0 Å². The SMILES string of the molecule is CCCCN1C(=O)[C@](O)(CC(=O)c2ccc(Cl)cc2)c2cc(Br)ccc21. The van der Waals surface area contributed by atoms with Crippen molar-refractivity contribution in [1.82, 2.24) is 0 Å². The number of benzene rings is 2. The summed E-state index contributed by atoms with van der Waals surface area (Å²) in [7, 11) is 0. The summed E-state index contributed by atoms with van der Waals surface area (Å²) < 4.78 is 0.749. The molecule has 0 bridgehead atoms. The molecule has 2 aromatic rings. The first-order valence-corrected chi connectivity index (χ1v) is 9.67. The lowest BCUT2D eigenvalue weighted by molar-refractivity contribution is -0.135. The zero-order chi connectivity index (χ0) is 18.9. The smallest absolute Gasteiger partial charge is 0.264 e. The Morgan fingerprint density at radius 3 is 2.58 bits per heavy atom. The van der Waals surface area contributed by atoms with Gasteiger partial charge in [0.25, 0.3) is 5.91 Å². The molecule has 0 saturated heterocycles. The molecule has 0 saturated carbocycles. The number of hydrogen-bond acceptors (Lipinski definition) is 3. The standard InChI is InChI=1S/C20H19BrClNO3/c1-2-3-10-23-17-9-6-14(21)11-16(17)20(26,19(23)25)12-18(24)13-4-7-15(22)8-5-13/h4-9,11,26H,2-3,10,12H2,1H3/t20-/m0/s1. The van der Waals surface area contributed by atoms with Gasteiger partial charge in [0.2, 0.25) is 0 Å². The lowest BCUT2D eigenvalue weighted by atomic mass is 9.88. The van der Waals surface area contributed by atoms with Gasteiger partial charge in [-0.2, -0.15) is 0 Å². The Labute approximate surface area is 165 Å². The van der Waals surface area contributed by atoms with Gasteiger partial charge in [0.05, 0.1) is 12.1 Å². The molecule has 136 valence electrons. The van der Waals surface area contributed by atoms with Crippen LogP contribution in [-0.2, 0) is 10.4 Å². The van der Waals surface area contributed by atoms with Crippen LogP contribution in [0.3, 0.4) is 0 Å². The van der Waals surface area contributed by atoms with Crippen LogP contribution in [0.25, 0.3) is 0 Å². The predicted octanol–water partition coefficient (Wildman–Crippen LogP) is 4.71. The van der Waals surface area contributed by atoms with E-state index in [2.05, 4.69) is 15.9 Å². The Morgan fingerprint density at radius 2 is 1.92 bits per heavy atom. The second-order valence-corrected chi connectivity index (χ2v) is 7.79. The Hall–Kier alpha value is -1.69. The molecular weight excluding hydrogens is 418 g/mol. The van der Waals surface area contributed by atoms with Crippen molar-refractivity contribution < 1.29 is 14.7 Å². The number of halogens is 2. The van der Waals surface area contributed by atoms with Crippen molar-refractivity contribution in [2.75, 3.05) is 11.4 Å². The number of carbonyl (C=O) groups excluding carboxylic acids is 2. The van der Waals surface area contributed by atoms with E-state index in [4.69, 9.17) is 11.6 Å². The van der Waals surface area contributed by atoms with Crippen LogP contribution >= 0.6 is 27.5 Å². The van der Waals surface area contributed by atoms with E-state index in [0.717, 1.165) is 17.3 Å². The number of Topliss-reactive ketones (excluding diaryl/α,β-unsaturated/α-hetero) is 1. The molecule has 6 heteroatoms. The molecule has 0 unspecified atom stereocenters. The third-order valence-electron chi connectivity index (χ3n) is 4.61. The van der Waals surface area contributed by atoms with Gasteiger partial charge in [-0.05, 0) is 48.9 Å². The summed E-state index contributed by atoms with van der Waals surface area (Å²) in [4.78, 5) is 27.3. The molecular formula is C20H19BrClNO3. The second kappa shape index (κ2) is 7.51. The third kappa shape index (κ3) is 3.43. The Morgan fingerprint density at radius 1 is 1.23 bits per heavy atom. The van der Waals surface area contributed by atoms with E-state index in [1.54, 1.807) is 41.3 Å².